The summed E-state index contributed by atoms with van der Waals surface area (Å²) in [4.78, 5) is 13.0. The molecule has 1 saturated heterocycles. The Balaban J connectivity index is 1.88. The maximum absolute atomic E-state index is 10.6. The van der Waals surface area contributed by atoms with Crippen molar-refractivity contribution < 1.29 is 9.90 Å². The van der Waals surface area contributed by atoms with Gasteiger partial charge < -0.3 is 14.6 Å². The largest absolute Gasteiger partial charge is 0.481 e. The minimum Gasteiger partial charge on any atom is -0.481 e. The summed E-state index contributed by atoms with van der Waals surface area (Å²) in [5, 5.41) is 17.6. The van der Waals surface area contributed by atoms with E-state index in [-0.39, 0.29) is 5.75 Å². The average molecular weight is 298 g/mol. The van der Waals surface area contributed by atoms with E-state index in [4.69, 9.17) is 5.11 Å². The van der Waals surface area contributed by atoms with Crippen molar-refractivity contribution in [3.8, 4) is 0 Å². The van der Waals surface area contributed by atoms with E-state index in [1.807, 2.05) is 11.5 Å². The third kappa shape index (κ3) is 4.21. The van der Waals surface area contributed by atoms with Crippen LogP contribution < -0.4 is 0 Å². The van der Waals surface area contributed by atoms with E-state index in [1.54, 1.807) is 0 Å². The zero-order valence-corrected chi connectivity index (χ0v) is 12.9. The van der Waals surface area contributed by atoms with Gasteiger partial charge in [-0.1, -0.05) is 11.8 Å². The fourth-order valence-corrected chi connectivity index (χ4v) is 3.24. The number of aryl methyl sites for hydroxylation is 1. The number of thioether (sulfide) groups is 1. The second-order valence-electron chi connectivity index (χ2n) is 5.40. The van der Waals surface area contributed by atoms with Crippen LogP contribution in [0, 0.1) is 12.8 Å². The molecule has 0 radical (unpaired) electrons. The number of hydrogen-bond acceptors (Lipinski definition) is 5. The van der Waals surface area contributed by atoms with Crippen molar-refractivity contribution in [3.05, 3.63) is 5.82 Å². The van der Waals surface area contributed by atoms with E-state index < -0.39 is 5.97 Å². The minimum absolute atomic E-state index is 0.0341. The molecule has 2 heterocycles. The molecular weight excluding hydrogens is 276 g/mol. The summed E-state index contributed by atoms with van der Waals surface area (Å²) in [6.07, 6.45) is 3.61. The molecule has 0 atom stereocenters. The molecule has 6 nitrogen and oxygen atoms in total. The molecule has 112 valence electrons. The Labute approximate surface area is 123 Å². The predicted octanol–water partition coefficient (Wildman–Crippen LogP) is 1.50. The SMILES string of the molecule is Cc1nnc(SCC(=O)O)n1CCC1CCN(C)CC1. The lowest BCUT2D eigenvalue weighted by Gasteiger charge is -2.29. The van der Waals surface area contributed by atoms with Gasteiger partial charge in [-0.3, -0.25) is 4.79 Å². The fraction of sp³-hybridized carbons (Fsp3) is 0.769. The van der Waals surface area contributed by atoms with E-state index in [1.165, 1.54) is 37.7 Å². The lowest BCUT2D eigenvalue weighted by molar-refractivity contribution is -0.133. The van der Waals surface area contributed by atoms with E-state index in [9.17, 15) is 4.79 Å². The van der Waals surface area contributed by atoms with Gasteiger partial charge in [0.1, 0.15) is 5.82 Å². The second kappa shape index (κ2) is 7.08. The minimum atomic E-state index is -0.822. The van der Waals surface area contributed by atoms with Crippen molar-refractivity contribution in [2.24, 2.45) is 5.92 Å². The van der Waals surface area contributed by atoms with Gasteiger partial charge in [0.15, 0.2) is 5.16 Å². The molecule has 1 aromatic rings. The summed E-state index contributed by atoms with van der Waals surface area (Å²) in [6.45, 7) is 5.15. The number of carboxylic acids is 1. The van der Waals surface area contributed by atoms with E-state index >= 15 is 0 Å². The molecule has 0 spiro atoms. The lowest BCUT2D eigenvalue weighted by Crippen LogP contribution is -2.30. The van der Waals surface area contributed by atoms with Crippen LogP contribution in [0.5, 0.6) is 0 Å². The number of nitrogens with zero attached hydrogens (tertiary/aromatic N) is 4. The number of hydrogen-bond donors (Lipinski definition) is 1. The first-order valence-corrected chi connectivity index (χ1v) is 7.97. The van der Waals surface area contributed by atoms with Crippen LogP contribution in [0.3, 0.4) is 0 Å². The Morgan fingerprint density at radius 1 is 1.40 bits per heavy atom. The molecule has 7 heteroatoms. The highest BCUT2D eigenvalue weighted by molar-refractivity contribution is 7.99. The molecule has 0 aliphatic carbocycles. The van der Waals surface area contributed by atoms with Crippen LogP contribution in [0.25, 0.3) is 0 Å². The first kappa shape index (κ1) is 15.3. The first-order chi connectivity index (χ1) is 9.56. The number of aromatic nitrogens is 3. The van der Waals surface area contributed by atoms with Crippen LogP contribution >= 0.6 is 11.8 Å². The molecular formula is C13H22N4O2S. The smallest absolute Gasteiger partial charge is 0.313 e. The molecule has 20 heavy (non-hydrogen) atoms. The van der Waals surface area contributed by atoms with Crippen molar-refractivity contribution in [1.82, 2.24) is 19.7 Å². The molecule has 1 aliphatic heterocycles. The summed E-state index contributed by atoms with van der Waals surface area (Å²) < 4.78 is 2.05. The standard InChI is InChI=1S/C13H22N4O2S/c1-10-14-15-13(20-9-12(18)19)17(10)8-5-11-3-6-16(2)7-4-11/h11H,3-9H2,1-2H3,(H,18,19). The van der Waals surface area contributed by atoms with Crippen LogP contribution in [0.4, 0.5) is 0 Å². The fourth-order valence-electron chi connectivity index (χ4n) is 2.51. The Kier molecular flexibility index (Phi) is 5.42. The van der Waals surface area contributed by atoms with Crippen LogP contribution in [0.15, 0.2) is 5.16 Å². The van der Waals surface area contributed by atoms with Gasteiger partial charge in [-0.05, 0) is 52.2 Å². The highest BCUT2D eigenvalue weighted by Gasteiger charge is 2.18. The number of carboxylic acid groups (broad SMARTS) is 1. The van der Waals surface area contributed by atoms with Gasteiger partial charge in [0, 0.05) is 6.54 Å². The quantitative estimate of drug-likeness (QED) is 0.802. The zero-order chi connectivity index (χ0) is 14.5. The molecule has 0 saturated carbocycles. The zero-order valence-electron chi connectivity index (χ0n) is 12.1. The Morgan fingerprint density at radius 3 is 2.75 bits per heavy atom. The van der Waals surface area contributed by atoms with E-state index in [2.05, 4.69) is 22.1 Å². The molecule has 0 amide bonds. The molecule has 1 aromatic heterocycles. The molecule has 0 bridgehead atoms. The van der Waals surface area contributed by atoms with Crippen molar-refractivity contribution in [2.45, 2.75) is 37.9 Å². The van der Waals surface area contributed by atoms with Gasteiger partial charge in [0.25, 0.3) is 0 Å². The van der Waals surface area contributed by atoms with Crippen molar-refractivity contribution >= 4 is 17.7 Å². The van der Waals surface area contributed by atoms with Gasteiger partial charge >= 0.3 is 5.97 Å². The Bertz CT molecular complexity index is 455. The summed E-state index contributed by atoms with van der Waals surface area (Å²) in [6, 6.07) is 0. The number of aliphatic carboxylic acids is 1. The van der Waals surface area contributed by atoms with E-state index in [0.29, 0.717) is 0 Å². The lowest BCUT2D eigenvalue weighted by atomic mass is 9.94. The maximum Gasteiger partial charge on any atom is 0.313 e. The average Bonchev–Trinajstić information content (AvgIpc) is 2.76. The van der Waals surface area contributed by atoms with Crippen molar-refractivity contribution in [1.29, 1.82) is 0 Å². The highest BCUT2D eigenvalue weighted by Crippen LogP contribution is 2.23. The number of piperidine rings is 1. The topological polar surface area (TPSA) is 71.2 Å². The van der Waals surface area contributed by atoms with Crippen molar-refractivity contribution in [3.63, 3.8) is 0 Å². The Hall–Kier alpha value is -1.08. The molecule has 1 N–H and O–H groups in total. The van der Waals surface area contributed by atoms with Gasteiger partial charge in [-0.25, -0.2) is 0 Å². The van der Waals surface area contributed by atoms with Gasteiger partial charge in [-0.2, -0.15) is 0 Å². The van der Waals surface area contributed by atoms with Gasteiger partial charge in [-0.15, -0.1) is 10.2 Å². The summed E-state index contributed by atoms with van der Waals surface area (Å²) in [7, 11) is 2.17. The number of rotatable bonds is 6. The van der Waals surface area contributed by atoms with Crippen LogP contribution in [0.1, 0.15) is 25.1 Å². The normalized spacial score (nSPS) is 17.5. The maximum atomic E-state index is 10.6. The van der Waals surface area contributed by atoms with Gasteiger partial charge in [0.05, 0.1) is 5.75 Å². The van der Waals surface area contributed by atoms with Crippen LogP contribution in [0.2, 0.25) is 0 Å². The van der Waals surface area contributed by atoms with Crippen LogP contribution in [-0.4, -0.2) is 56.6 Å². The summed E-state index contributed by atoms with van der Waals surface area (Å²) >= 11 is 1.24. The second-order valence-corrected chi connectivity index (χ2v) is 6.34. The molecule has 1 aliphatic rings. The molecule has 1 fully saturated rings. The number of carbonyl (C=O) groups is 1. The molecule has 2 rings (SSSR count). The summed E-state index contributed by atoms with van der Waals surface area (Å²) in [5.74, 6) is 0.834. The third-order valence-electron chi connectivity index (χ3n) is 3.83. The highest BCUT2D eigenvalue weighted by atomic mass is 32.2. The van der Waals surface area contributed by atoms with E-state index in [0.717, 1.165) is 29.9 Å². The third-order valence-corrected chi connectivity index (χ3v) is 4.78. The van der Waals surface area contributed by atoms with Crippen molar-refractivity contribution in [2.75, 3.05) is 25.9 Å². The molecule has 0 unspecified atom stereocenters. The van der Waals surface area contributed by atoms with Gasteiger partial charge in [0.2, 0.25) is 0 Å². The monoisotopic (exact) mass is 298 g/mol. The number of likely N-dealkylation sites (tertiary alicyclic amines) is 1. The van der Waals surface area contributed by atoms with Crippen LogP contribution in [-0.2, 0) is 11.3 Å². The Morgan fingerprint density at radius 2 is 2.10 bits per heavy atom. The molecule has 0 aromatic carbocycles. The summed E-state index contributed by atoms with van der Waals surface area (Å²) in [5.41, 5.74) is 0. The first-order valence-electron chi connectivity index (χ1n) is 6.99. The predicted molar refractivity (Wildman–Crippen MR) is 78.0 cm³/mol.